The maximum absolute atomic E-state index is 13.4. The van der Waals surface area contributed by atoms with Gasteiger partial charge in [-0.25, -0.2) is 19.3 Å². The van der Waals surface area contributed by atoms with Crippen LogP contribution in [0.3, 0.4) is 0 Å². The van der Waals surface area contributed by atoms with Gasteiger partial charge in [-0.05, 0) is 18.2 Å². The van der Waals surface area contributed by atoms with Crippen molar-refractivity contribution in [1.29, 1.82) is 0 Å². The van der Waals surface area contributed by atoms with E-state index in [2.05, 4.69) is 24.8 Å². The van der Waals surface area contributed by atoms with Crippen molar-refractivity contribution in [2.45, 2.75) is 6.54 Å². The van der Waals surface area contributed by atoms with E-state index in [1.165, 1.54) is 18.5 Å². The number of fused-ring (bicyclic) bond motifs is 1. The van der Waals surface area contributed by atoms with Gasteiger partial charge in [-0.2, -0.15) is 0 Å². The molecule has 0 bridgehead atoms. The Labute approximate surface area is 151 Å². The van der Waals surface area contributed by atoms with Crippen LogP contribution in [0.25, 0.3) is 10.9 Å². The van der Waals surface area contributed by atoms with Gasteiger partial charge in [0.25, 0.3) is 0 Å². The van der Waals surface area contributed by atoms with Crippen LogP contribution in [0.5, 0.6) is 5.88 Å². The van der Waals surface area contributed by atoms with Crippen LogP contribution in [-0.2, 0) is 6.54 Å². The molecule has 6 nitrogen and oxygen atoms in total. The first-order valence-electron chi connectivity index (χ1n) is 8.60. The van der Waals surface area contributed by atoms with Gasteiger partial charge in [-0.1, -0.05) is 6.07 Å². The van der Waals surface area contributed by atoms with Gasteiger partial charge in [0.05, 0.1) is 18.3 Å². The standard InChI is InChI=1S/C19H20FN5O/c1-26-18-4-2-3-15(23-18)12-24-7-9-25(10-8-24)19-16-6-5-14(20)11-17(16)21-13-22-19/h2-6,11,13H,7-10,12H2,1H3. The molecule has 134 valence electrons. The van der Waals surface area contributed by atoms with Gasteiger partial charge in [0, 0.05) is 50.2 Å². The van der Waals surface area contributed by atoms with E-state index in [1.54, 1.807) is 13.2 Å². The Balaban J connectivity index is 1.45. The highest BCUT2D eigenvalue weighted by atomic mass is 19.1. The second-order valence-electron chi connectivity index (χ2n) is 6.29. The van der Waals surface area contributed by atoms with Crippen LogP contribution in [0.2, 0.25) is 0 Å². The van der Waals surface area contributed by atoms with Crippen molar-refractivity contribution in [2.24, 2.45) is 0 Å². The Hall–Kier alpha value is -2.80. The quantitative estimate of drug-likeness (QED) is 0.718. The Bertz CT molecular complexity index is 911. The average molecular weight is 353 g/mol. The third kappa shape index (κ3) is 3.43. The first-order valence-corrected chi connectivity index (χ1v) is 8.60. The van der Waals surface area contributed by atoms with Gasteiger partial charge >= 0.3 is 0 Å². The lowest BCUT2D eigenvalue weighted by molar-refractivity contribution is 0.245. The fourth-order valence-corrected chi connectivity index (χ4v) is 3.27. The molecule has 1 fully saturated rings. The summed E-state index contributed by atoms with van der Waals surface area (Å²) in [4.78, 5) is 17.7. The lowest BCUT2D eigenvalue weighted by Gasteiger charge is -2.35. The SMILES string of the molecule is COc1cccc(CN2CCN(c3ncnc4cc(F)ccc34)CC2)n1. The summed E-state index contributed by atoms with van der Waals surface area (Å²) < 4.78 is 18.6. The van der Waals surface area contributed by atoms with E-state index >= 15 is 0 Å². The number of benzene rings is 1. The van der Waals surface area contributed by atoms with Crippen LogP contribution in [0, 0.1) is 5.82 Å². The number of pyridine rings is 1. The molecule has 0 aliphatic carbocycles. The number of aromatic nitrogens is 3. The highest BCUT2D eigenvalue weighted by Crippen LogP contribution is 2.24. The van der Waals surface area contributed by atoms with Crippen molar-refractivity contribution in [3.05, 3.63) is 54.2 Å². The second-order valence-corrected chi connectivity index (χ2v) is 6.29. The van der Waals surface area contributed by atoms with Crippen molar-refractivity contribution in [3.63, 3.8) is 0 Å². The minimum absolute atomic E-state index is 0.280. The topological polar surface area (TPSA) is 54.4 Å². The molecular weight excluding hydrogens is 333 g/mol. The number of rotatable bonds is 4. The first kappa shape index (κ1) is 16.7. The number of ether oxygens (including phenoxy) is 1. The molecule has 3 aromatic rings. The summed E-state index contributed by atoms with van der Waals surface area (Å²) in [5, 5.41) is 0.886. The van der Waals surface area contributed by atoms with Crippen LogP contribution in [-0.4, -0.2) is 53.1 Å². The molecule has 0 radical (unpaired) electrons. The smallest absolute Gasteiger partial charge is 0.213 e. The lowest BCUT2D eigenvalue weighted by atomic mass is 10.2. The van der Waals surface area contributed by atoms with E-state index in [9.17, 15) is 4.39 Å². The van der Waals surface area contributed by atoms with Gasteiger partial charge in [0.2, 0.25) is 5.88 Å². The van der Waals surface area contributed by atoms with Crippen molar-refractivity contribution < 1.29 is 9.13 Å². The zero-order valence-electron chi connectivity index (χ0n) is 14.6. The van der Waals surface area contributed by atoms with Crippen LogP contribution in [0.1, 0.15) is 5.69 Å². The van der Waals surface area contributed by atoms with E-state index in [0.717, 1.165) is 49.6 Å². The van der Waals surface area contributed by atoms with Crippen molar-refractivity contribution in [3.8, 4) is 5.88 Å². The zero-order chi connectivity index (χ0) is 17.9. The maximum Gasteiger partial charge on any atom is 0.213 e. The molecule has 1 saturated heterocycles. The summed E-state index contributed by atoms with van der Waals surface area (Å²) in [5.74, 6) is 1.23. The summed E-state index contributed by atoms with van der Waals surface area (Å²) in [6, 6.07) is 10.5. The Morgan fingerprint density at radius 1 is 1.08 bits per heavy atom. The number of hydrogen-bond acceptors (Lipinski definition) is 6. The highest BCUT2D eigenvalue weighted by molar-refractivity contribution is 5.89. The predicted molar refractivity (Wildman–Crippen MR) is 97.8 cm³/mol. The van der Waals surface area contributed by atoms with E-state index in [4.69, 9.17) is 4.74 Å². The number of hydrogen-bond donors (Lipinski definition) is 0. The minimum atomic E-state index is -0.280. The number of piperazine rings is 1. The van der Waals surface area contributed by atoms with Gasteiger partial charge in [0.15, 0.2) is 0 Å². The fraction of sp³-hybridized carbons (Fsp3) is 0.316. The van der Waals surface area contributed by atoms with Gasteiger partial charge in [0.1, 0.15) is 18.0 Å². The lowest BCUT2D eigenvalue weighted by Crippen LogP contribution is -2.46. The number of halogens is 1. The molecule has 1 aromatic carbocycles. The molecule has 0 unspecified atom stereocenters. The monoisotopic (exact) mass is 353 g/mol. The predicted octanol–water partition coefficient (Wildman–Crippen LogP) is 2.49. The molecule has 1 aliphatic rings. The third-order valence-corrected chi connectivity index (χ3v) is 4.63. The molecule has 4 rings (SSSR count). The molecule has 1 aliphatic heterocycles. The normalized spacial score (nSPS) is 15.4. The third-order valence-electron chi connectivity index (χ3n) is 4.63. The van der Waals surface area contributed by atoms with Crippen molar-refractivity contribution in [2.75, 3.05) is 38.2 Å². The molecule has 0 atom stereocenters. The Kier molecular flexibility index (Phi) is 4.62. The fourth-order valence-electron chi connectivity index (χ4n) is 3.27. The molecular formula is C19H20FN5O. The zero-order valence-corrected chi connectivity index (χ0v) is 14.6. The summed E-state index contributed by atoms with van der Waals surface area (Å²) in [5.41, 5.74) is 1.64. The average Bonchev–Trinajstić information content (AvgIpc) is 2.68. The van der Waals surface area contributed by atoms with Gasteiger partial charge in [-0.3, -0.25) is 4.90 Å². The molecule has 3 heterocycles. The van der Waals surface area contributed by atoms with Crippen LogP contribution < -0.4 is 9.64 Å². The largest absolute Gasteiger partial charge is 0.481 e. The Morgan fingerprint density at radius 2 is 1.92 bits per heavy atom. The van der Waals surface area contributed by atoms with Crippen LogP contribution >= 0.6 is 0 Å². The van der Waals surface area contributed by atoms with Crippen LogP contribution in [0.15, 0.2) is 42.7 Å². The molecule has 26 heavy (non-hydrogen) atoms. The summed E-state index contributed by atoms with van der Waals surface area (Å²) in [6.07, 6.45) is 1.50. The second kappa shape index (κ2) is 7.21. The number of methoxy groups -OCH3 is 1. The minimum Gasteiger partial charge on any atom is -0.481 e. The van der Waals surface area contributed by atoms with Crippen molar-refractivity contribution >= 4 is 16.7 Å². The van der Waals surface area contributed by atoms with Gasteiger partial charge < -0.3 is 9.64 Å². The van der Waals surface area contributed by atoms with E-state index in [0.29, 0.717) is 11.4 Å². The summed E-state index contributed by atoms with van der Waals surface area (Å²) in [7, 11) is 1.63. The molecule has 0 spiro atoms. The number of anilines is 1. The van der Waals surface area contributed by atoms with E-state index in [1.807, 2.05) is 18.2 Å². The molecule has 0 saturated carbocycles. The molecule has 7 heteroatoms. The first-order chi connectivity index (χ1) is 12.7. The van der Waals surface area contributed by atoms with E-state index in [-0.39, 0.29) is 5.82 Å². The van der Waals surface area contributed by atoms with Crippen LogP contribution in [0.4, 0.5) is 10.2 Å². The maximum atomic E-state index is 13.4. The van der Waals surface area contributed by atoms with E-state index < -0.39 is 0 Å². The molecule has 0 N–H and O–H groups in total. The molecule has 0 amide bonds. The highest BCUT2D eigenvalue weighted by Gasteiger charge is 2.20. The van der Waals surface area contributed by atoms with Gasteiger partial charge in [-0.15, -0.1) is 0 Å². The Morgan fingerprint density at radius 3 is 2.73 bits per heavy atom. The molecule has 2 aromatic heterocycles. The van der Waals surface area contributed by atoms with Crippen molar-refractivity contribution in [1.82, 2.24) is 19.9 Å². The summed E-state index contributed by atoms with van der Waals surface area (Å²) >= 11 is 0. The number of nitrogens with zero attached hydrogens (tertiary/aromatic N) is 5. The summed E-state index contributed by atoms with van der Waals surface area (Å²) in [6.45, 7) is 4.32.